The number of unbranched alkanes of at least 4 members (excludes halogenated alkanes) is 3. The lowest BCUT2D eigenvalue weighted by atomic mass is 10.2. The molecule has 0 spiro atoms. The Hall–Kier alpha value is -0.590. The van der Waals surface area contributed by atoms with E-state index in [2.05, 4.69) is 8.92 Å². The SMILES string of the molecule is CCCCCCOCCOC(F)(F)C(F)OS(=O)(=O)C(F)(F)F. The van der Waals surface area contributed by atoms with E-state index in [1.165, 1.54) is 0 Å². The molecule has 0 aliphatic rings. The Bertz CT molecular complexity index is 425. The molecule has 1 unspecified atom stereocenters. The molecule has 0 saturated carbocycles. The summed E-state index contributed by atoms with van der Waals surface area (Å²) < 4.78 is 107. The summed E-state index contributed by atoms with van der Waals surface area (Å²) in [5, 5.41) is 0. The van der Waals surface area contributed by atoms with Crippen LogP contribution in [-0.2, 0) is 23.8 Å². The molecule has 0 aromatic rings. The molecule has 0 heterocycles. The lowest BCUT2D eigenvalue weighted by Crippen LogP contribution is -2.40. The average Bonchev–Trinajstić information content (AvgIpc) is 2.40. The molecule has 1 atom stereocenters. The molecule has 0 rings (SSSR count). The van der Waals surface area contributed by atoms with Gasteiger partial charge in [-0.3, -0.25) is 0 Å². The van der Waals surface area contributed by atoms with Gasteiger partial charge in [0.15, 0.2) is 0 Å². The largest absolute Gasteiger partial charge is 0.523 e. The number of hydrogen-bond donors (Lipinski definition) is 0. The Morgan fingerprint density at radius 1 is 0.957 bits per heavy atom. The van der Waals surface area contributed by atoms with E-state index in [0.29, 0.717) is 6.42 Å². The highest BCUT2D eigenvalue weighted by molar-refractivity contribution is 7.87. The number of alkyl halides is 6. The van der Waals surface area contributed by atoms with Gasteiger partial charge >= 0.3 is 28.1 Å². The molecule has 0 aliphatic carbocycles. The highest BCUT2D eigenvalue weighted by Crippen LogP contribution is 2.31. The van der Waals surface area contributed by atoms with Crippen molar-refractivity contribution >= 4 is 10.1 Å². The second-order valence-corrected chi connectivity index (χ2v) is 5.96. The van der Waals surface area contributed by atoms with Crippen molar-refractivity contribution in [3.8, 4) is 0 Å². The van der Waals surface area contributed by atoms with E-state index in [1.54, 1.807) is 0 Å². The number of hydrogen-bond acceptors (Lipinski definition) is 5. The van der Waals surface area contributed by atoms with Crippen LogP contribution in [0.15, 0.2) is 0 Å². The second kappa shape index (κ2) is 9.64. The first-order valence-electron chi connectivity index (χ1n) is 6.67. The van der Waals surface area contributed by atoms with Crippen LogP contribution < -0.4 is 0 Å². The van der Waals surface area contributed by atoms with Gasteiger partial charge in [-0.05, 0) is 6.42 Å². The average molecular weight is 376 g/mol. The summed E-state index contributed by atoms with van der Waals surface area (Å²) in [5.74, 6) is 0. The van der Waals surface area contributed by atoms with Crippen molar-refractivity contribution in [1.82, 2.24) is 0 Å². The lowest BCUT2D eigenvalue weighted by Gasteiger charge is -2.20. The summed E-state index contributed by atoms with van der Waals surface area (Å²) in [7, 11) is -6.49. The first-order valence-corrected chi connectivity index (χ1v) is 8.08. The van der Waals surface area contributed by atoms with Gasteiger partial charge in [-0.25, -0.2) is 8.57 Å². The third-order valence-corrected chi connectivity index (χ3v) is 3.41. The van der Waals surface area contributed by atoms with Gasteiger partial charge in [-0.1, -0.05) is 26.2 Å². The van der Waals surface area contributed by atoms with E-state index in [4.69, 9.17) is 4.74 Å². The minimum absolute atomic E-state index is 0.257. The second-order valence-electron chi connectivity index (χ2n) is 4.40. The van der Waals surface area contributed by atoms with Crippen LogP contribution in [0.4, 0.5) is 26.3 Å². The van der Waals surface area contributed by atoms with Gasteiger partial charge in [0.05, 0.1) is 13.2 Å². The van der Waals surface area contributed by atoms with Gasteiger partial charge in [0.25, 0.3) is 0 Å². The zero-order valence-corrected chi connectivity index (χ0v) is 13.1. The van der Waals surface area contributed by atoms with Crippen LogP contribution in [0.2, 0.25) is 0 Å². The standard InChI is InChI=1S/C11H18F6O5S/c1-2-3-4-5-6-20-7-8-21-10(13,14)9(12)22-23(18,19)11(15,16)17/h9H,2-8H2,1H3. The van der Waals surface area contributed by atoms with E-state index in [9.17, 15) is 34.8 Å². The summed E-state index contributed by atoms with van der Waals surface area (Å²) in [4.78, 5) is 0. The molecular weight excluding hydrogens is 358 g/mol. The van der Waals surface area contributed by atoms with Crippen LogP contribution in [-0.4, -0.2) is 46.2 Å². The summed E-state index contributed by atoms with van der Waals surface area (Å²) >= 11 is 0. The third-order valence-electron chi connectivity index (χ3n) is 2.42. The van der Waals surface area contributed by atoms with Gasteiger partial charge in [0.1, 0.15) is 0 Å². The van der Waals surface area contributed by atoms with Crippen molar-refractivity contribution in [1.29, 1.82) is 0 Å². The molecular formula is C11H18F6O5S. The summed E-state index contributed by atoms with van der Waals surface area (Å²) in [5.41, 5.74) is -6.02. The summed E-state index contributed by atoms with van der Waals surface area (Å²) in [6, 6.07) is 0. The molecule has 5 nitrogen and oxygen atoms in total. The van der Waals surface area contributed by atoms with Gasteiger partial charge in [0, 0.05) is 6.61 Å². The summed E-state index contributed by atoms with van der Waals surface area (Å²) in [6.45, 7) is 1.04. The van der Waals surface area contributed by atoms with Gasteiger partial charge < -0.3 is 9.47 Å². The first-order chi connectivity index (χ1) is 10.4. The Morgan fingerprint density at radius 3 is 2.09 bits per heavy atom. The van der Waals surface area contributed by atoms with Crippen LogP contribution in [0, 0.1) is 0 Å². The lowest BCUT2D eigenvalue weighted by molar-refractivity contribution is -0.314. The van der Waals surface area contributed by atoms with Crippen LogP contribution in [0.3, 0.4) is 0 Å². The minimum atomic E-state index is -6.49. The molecule has 0 aliphatic heterocycles. The Morgan fingerprint density at radius 2 is 1.57 bits per heavy atom. The molecule has 0 fully saturated rings. The monoisotopic (exact) mass is 376 g/mol. The molecule has 0 amide bonds. The van der Waals surface area contributed by atoms with Crippen LogP contribution in [0.1, 0.15) is 32.6 Å². The van der Waals surface area contributed by atoms with Crippen molar-refractivity contribution in [2.75, 3.05) is 19.8 Å². The zero-order valence-electron chi connectivity index (χ0n) is 12.2. The van der Waals surface area contributed by atoms with Crippen LogP contribution in [0.25, 0.3) is 0 Å². The number of ether oxygens (including phenoxy) is 2. The van der Waals surface area contributed by atoms with Gasteiger partial charge in [-0.2, -0.15) is 30.4 Å². The Balaban J connectivity index is 4.12. The van der Waals surface area contributed by atoms with E-state index >= 15 is 0 Å². The first kappa shape index (κ1) is 22.4. The van der Waals surface area contributed by atoms with Crippen molar-refractivity contribution in [2.24, 2.45) is 0 Å². The highest BCUT2D eigenvalue weighted by atomic mass is 32.2. The fourth-order valence-corrected chi connectivity index (χ4v) is 1.70. The molecule has 0 N–H and O–H groups in total. The van der Waals surface area contributed by atoms with E-state index in [-0.39, 0.29) is 13.2 Å². The molecule has 140 valence electrons. The number of halogens is 6. The molecule has 0 aromatic carbocycles. The molecule has 0 aromatic heterocycles. The topological polar surface area (TPSA) is 61.8 Å². The number of rotatable bonds is 12. The zero-order chi connectivity index (χ0) is 18.1. The Kier molecular flexibility index (Phi) is 9.40. The third kappa shape index (κ3) is 8.72. The van der Waals surface area contributed by atoms with Gasteiger partial charge in [0.2, 0.25) is 0 Å². The molecule has 23 heavy (non-hydrogen) atoms. The van der Waals surface area contributed by atoms with E-state index < -0.39 is 34.7 Å². The maximum atomic E-state index is 13.0. The van der Waals surface area contributed by atoms with Crippen LogP contribution in [0.5, 0.6) is 0 Å². The van der Waals surface area contributed by atoms with E-state index in [0.717, 1.165) is 19.3 Å². The van der Waals surface area contributed by atoms with Crippen molar-refractivity contribution in [3.05, 3.63) is 0 Å². The highest BCUT2D eigenvalue weighted by Gasteiger charge is 2.54. The summed E-state index contributed by atoms with van der Waals surface area (Å²) in [6.07, 6.45) is -5.46. The fraction of sp³-hybridized carbons (Fsp3) is 1.00. The maximum absolute atomic E-state index is 13.0. The van der Waals surface area contributed by atoms with Crippen molar-refractivity contribution in [2.45, 2.75) is 50.6 Å². The predicted molar refractivity (Wildman–Crippen MR) is 66.8 cm³/mol. The molecule has 0 saturated heterocycles. The fourth-order valence-electron chi connectivity index (χ4n) is 1.26. The van der Waals surface area contributed by atoms with Crippen LogP contribution >= 0.6 is 0 Å². The van der Waals surface area contributed by atoms with Crippen molar-refractivity contribution in [3.63, 3.8) is 0 Å². The normalized spacial score (nSPS) is 14.9. The predicted octanol–water partition coefficient (Wildman–Crippen LogP) is 3.35. The quantitative estimate of drug-likeness (QED) is 0.226. The minimum Gasteiger partial charge on any atom is -0.379 e. The van der Waals surface area contributed by atoms with Crippen molar-refractivity contribution < 1.29 is 48.4 Å². The maximum Gasteiger partial charge on any atom is 0.523 e. The molecule has 12 heteroatoms. The van der Waals surface area contributed by atoms with E-state index in [1.807, 2.05) is 6.92 Å². The molecule has 0 bridgehead atoms. The smallest absolute Gasteiger partial charge is 0.379 e. The Labute approximate surface area is 130 Å². The van der Waals surface area contributed by atoms with Gasteiger partial charge in [-0.15, -0.1) is 0 Å². The molecule has 0 radical (unpaired) electrons.